The highest BCUT2D eigenvalue weighted by Crippen LogP contribution is 2.25. The van der Waals surface area contributed by atoms with E-state index >= 15 is 0 Å². The Bertz CT molecular complexity index is 301. The molecule has 0 fully saturated rings. The standard InChI is InChI=1S/C10H13NO.ClH/c1-11-6-5-9-8(7-11)3-2-4-10(9)12;/h2-4,12H,5-7H2,1H3;1H. The molecule has 0 radical (unpaired) electrons. The molecule has 2 rings (SSSR count). The SMILES string of the molecule is CN1CCc2c(O)cccc2C1.Cl. The van der Waals surface area contributed by atoms with Crippen LogP contribution in [0.1, 0.15) is 11.1 Å². The molecule has 0 aliphatic carbocycles. The van der Waals surface area contributed by atoms with E-state index in [4.69, 9.17) is 0 Å². The molecule has 0 spiro atoms. The van der Waals surface area contributed by atoms with Gasteiger partial charge >= 0.3 is 0 Å². The Morgan fingerprint density at radius 2 is 2.15 bits per heavy atom. The number of hydrogen-bond acceptors (Lipinski definition) is 2. The average Bonchev–Trinajstić information content (AvgIpc) is 2.04. The molecule has 1 aliphatic heterocycles. The van der Waals surface area contributed by atoms with Crippen molar-refractivity contribution in [3.05, 3.63) is 29.3 Å². The van der Waals surface area contributed by atoms with Gasteiger partial charge in [0.15, 0.2) is 0 Å². The fourth-order valence-electron chi connectivity index (χ4n) is 1.73. The number of nitrogens with zero attached hydrogens (tertiary/aromatic N) is 1. The van der Waals surface area contributed by atoms with Crippen LogP contribution in [-0.4, -0.2) is 23.6 Å². The van der Waals surface area contributed by atoms with E-state index in [1.54, 1.807) is 6.07 Å². The van der Waals surface area contributed by atoms with E-state index in [-0.39, 0.29) is 12.4 Å². The van der Waals surface area contributed by atoms with Gasteiger partial charge in [-0.15, -0.1) is 12.4 Å². The fourth-order valence-corrected chi connectivity index (χ4v) is 1.73. The van der Waals surface area contributed by atoms with Gasteiger partial charge in [0.05, 0.1) is 0 Å². The Kier molecular flexibility index (Phi) is 3.17. The summed E-state index contributed by atoms with van der Waals surface area (Å²) in [4.78, 5) is 2.27. The minimum absolute atomic E-state index is 0. The summed E-state index contributed by atoms with van der Waals surface area (Å²) in [6.07, 6.45) is 0.971. The predicted molar refractivity (Wildman–Crippen MR) is 55.4 cm³/mol. The summed E-state index contributed by atoms with van der Waals surface area (Å²) in [7, 11) is 2.10. The Labute approximate surface area is 84.6 Å². The fraction of sp³-hybridized carbons (Fsp3) is 0.400. The maximum atomic E-state index is 9.52. The number of aromatic hydroxyl groups is 1. The first-order chi connectivity index (χ1) is 5.77. The zero-order chi connectivity index (χ0) is 8.55. The van der Waals surface area contributed by atoms with Crippen LogP contribution in [0.15, 0.2) is 18.2 Å². The zero-order valence-electron chi connectivity index (χ0n) is 7.66. The third-order valence-electron chi connectivity index (χ3n) is 2.43. The molecule has 1 aromatic carbocycles. The van der Waals surface area contributed by atoms with Crippen molar-refractivity contribution in [3.63, 3.8) is 0 Å². The van der Waals surface area contributed by atoms with Crippen molar-refractivity contribution in [1.82, 2.24) is 4.90 Å². The number of fused-ring (bicyclic) bond motifs is 1. The molecule has 1 aliphatic rings. The van der Waals surface area contributed by atoms with Gasteiger partial charge in [-0.3, -0.25) is 0 Å². The largest absolute Gasteiger partial charge is 0.508 e. The third kappa shape index (κ3) is 1.95. The molecule has 1 aromatic rings. The highest BCUT2D eigenvalue weighted by atomic mass is 35.5. The number of hydrogen-bond donors (Lipinski definition) is 1. The van der Waals surface area contributed by atoms with E-state index in [1.165, 1.54) is 5.56 Å². The maximum absolute atomic E-state index is 9.52. The summed E-state index contributed by atoms with van der Waals surface area (Å²) in [6.45, 7) is 2.01. The Balaban J connectivity index is 0.000000845. The minimum atomic E-state index is 0. The van der Waals surface area contributed by atoms with E-state index < -0.39 is 0 Å². The number of phenols is 1. The Morgan fingerprint density at radius 3 is 2.92 bits per heavy atom. The quantitative estimate of drug-likeness (QED) is 0.689. The molecule has 0 aromatic heterocycles. The zero-order valence-corrected chi connectivity index (χ0v) is 8.47. The Hall–Kier alpha value is -0.730. The van der Waals surface area contributed by atoms with Crippen molar-refractivity contribution in [3.8, 4) is 5.75 Å². The van der Waals surface area contributed by atoms with Gasteiger partial charge in [-0.2, -0.15) is 0 Å². The van der Waals surface area contributed by atoms with E-state index in [1.807, 2.05) is 6.07 Å². The lowest BCUT2D eigenvalue weighted by Crippen LogP contribution is -2.26. The van der Waals surface area contributed by atoms with E-state index in [9.17, 15) is 5.11 Å². The lowest BCUT2D eigenvalue weighted by atomic mass is 9.99. The molecule has 1 N–H and O–H groups in total. The van der Waals surface area contributed by atoms with Gasteiger partial charge in [0, 0.05) is 13.1 Å². The van der Waals surface area contributed by atoms with Crippen molar-refractivity contribution < 1.29 is 5.11 Å². The van der Waals surface area contributed by atoms with Gasteiger partial charge in [0.1, 0.15) is 5.75 Å². The molecule has 72 valence electrons. The summed E-state index contributed by atoms with van der Waals surface area (Å²) in [5.41, 5.74) is 2.40. The Morgan fingerprint density at radius 1 is 1.38 bits per heavy atom. The van der Waals surface area contributed by atoms with Gasteiger partial charge in [0.25, 0.3) is 0 Å². The summed E-state index contributed by atoms with van der Waals surface area (Å²) < 4.78 is 0. The van der Waals surface area contributed by atoms with Crippen LogP contribution in [0.2, 0.25) is 0 Å². The van der Waals surface area contributed by atoms with Gasteiger partial charge in [-0.25, -0.2) is 0 Å². The van der Waals surface area contributed by atoms with Crippen LogP contribution in [0, 0.1) is 0 Å². The van der Waals surface area contributed by atoms with Crippen LogP contribution in [-0.2, 0) is 13.0 Å². The van der Waals surface area contributed by atoms with Crippen LogP contribution < -0.4 is 0 Å². The minimum Gasteiger partial charge on any atom is -0.508 e. The summed E-state index contributed by atoms with van der Waals surface area (Å²) in [5, 5.41) is 9.52. The van der Waals surface area contributed by atoms with E-state index in [0.717, 1.165) is 25.1 Å². The van der Waals surface area contributed by atoms with Gasteiger partial charge in [0.2, 0.25) is 0 Å². The van der Waals surface area contributed by atoms with Crippen LogP contribution in [0.3, 0.4) is 0 Å². The molecule has 0 saturated heterocycles. The smallest absolute Gasteiger partial charge is 0.119 e. The van der Waals surface area contributed by atoms with Crippen LogP contribution in [0.4, 0.5) is 0 Å². The molecule has 13 heavy (non-hydrogen) atoms. The maximum Gasteiger partial charge on any atom is 0.119 e. The van der Waals surface area contributed by atoms with Gasteiger partial charge < -0.3 is 10.0 Å². The molecule has 0 atom stereocenters. The molecule has 0 saturated carbocycles. The number of phenolic OH excluding ortho intramolecular Hbond substituents is 1. The summed E-state index contributed by atoms with van der Waals surface area (Å²) >= 11 is 0. The molecule has 2 nitrogen and oxygen atoms in total. The molecule has 0 bridgehead atoms. The topological polar surface area (TPSA) is 23.5 Å². The first-order valence-electron chi connectivity index (χ1n) is 4.25. The van der Waals surface area contributed by atoms with Gasteiger partial charge in [-0.1, -0.05) is 12.1 Å². The molecular formula is C10H14ClNO. The normalized spacial score (nSPS) is 16.1. The second-order valence-corrected chi connectivity index (χ2v) is 3.40. The van der Waals surface area contributed by atoms with E-state index in [2.05, 4.69) is 18.0 Å². The molecule has 0 amide bonds. The molecular weight excluding hydrogens is 186 g/mol. The number of benzene rings is 1. The van der Waals surface area contributed by atoms with Crippen molar-refractivity contribution in [1.29, 1.82) is 0 Å². The lowest BCUT2D eigenvalue weighted by molar-refractivity contribution is 0.308. The van der Waals surface area contributed by atoms with Crippen molar-refractivity contribution >= 4 is 12.4 Å². The van der Waals surface area contributed by atoms with Crippen LogP contribution >= 0.6 is 12.4 Å². The monoisotopic (exact) mass is 199 g/mol. The summed E-state index contributed by atoms with van der Waals surface area (Å²) in [6, 6.07) is 5.77. The average molecular weight is 200 g/mol. The van der Waals surface area contributed by atoms with Gasteiger partial charge in [-0.05, 0) is 30.7 Å². The highest BCUT2D eigenvalue weighted by Gasteiger charge is 2.14. The number of likely N-dealkylation sites (N-methyl/N-ethyl adjacent to an activating group) is 1. The van der Waals surface area contributed by atoms with Crippen LogP contribution in [0.25, 0.3) is 0 Å². The second-order valence-electron chi connectivity index (χ2n) is 3.40. The van der Waals surface area contributed by atoms with E-state index in [0.29, 0.717) is 5.75 Å². The third-order valence-corrected chi connectivity index (χ3v) is 2.43. The first-order valence-corrected chi connectivity index (χ1v) is 4.25. The first kappa shape index (κ1) is 10.4. The second kappa shape index (κ2) is 3.99. The predicted octanol–water partition coefficient (Wildman–Crippen LogP) is 1.80. The highest BCUT2D eigenvalue weighted by molar-refractivity contribution is 5.85. The van der Waals surface area contributed by atoms with Crippen molar-refractivity contribution in [2.45, 2.75) is 13.0 Å². The lowest BCUT2D eigenvalue weighted by Gasteiger charge is -2.25. The molecule has 0 unspecified atom stereocenters. The van der Waals surface area contributed by atoms with Crippen LogP contribution in [0.5, 0.6) is 5.75 Å². The number of rotatable bonds is 0. The molecule has 1 heterocycles. The molecule has 3 heteroatoms. The van der Waals surface area contributed by atoms with Crippen molar-refractivity contribution in [2.75, 3.05) is 13.6 Å². The summed E-state index contributed by atoms with van der Waals surface area (Å²) in [5.74, 6) is 0.459. The number of halogens is 1. The van der Waals surface area contributed by atoms with Crippen molar-refractivity contribution in [2.24, 2.45) is 0 Å².